The number of aromatic nitrogens is 4. The number of aliphatic hydroxyl groups excluding tert-OH is 1. The van der Waals surface area contributed by atoms with Crippen LogP contribution in [0.15, 0.2) is 36.7 Å². The number of nitrogen functional groups attached to an aromatic ring is 1. The van der Waals surface area contributed by atoms with Gasteiger partial charge in [0.15, 0.2) is 11.5 Å². The van der Waals surface area contributed by atoms with Gasteiger partial charge in [-0.3, -0.25) is 13.9 Å². The quantitative estimate of drug-likeness (QED) is 0.291. The van der Waals surface area contributed by atoms with Crippen molar-refractivity contribution in [3.05, 3.63) is 42.5 Å². The minimum atomic E-state index is -3.92. The first-order chi connectivity index (χ1) is 17.6. The van der Waals surface area contributed by atoms with Crippen molar-refractivity contribution < 1.29 is 33.0 Å². The van der Waals surface area contributed by atoms with Gasteiger partial charge in [-0.2, -0.15) is 0 Å². The molecule has 37 heavy (non-hydrogen) atoms. The lowest BCUT2D eigenvalue weighted by Crippen LogP contribution is -2.29. The molecule has 3 heterocycles. The standard InChI is InChI=1S/C24H32N5O7P/c1-14(2)33-24(31)15(3)12-37(32,35-17-8-6-5-7-9-17)36-18-10-20(34-19(18)11-30)29-13-26-21-22(25)27-16(4)28-23(21)29/h5-9,13-15,18-20,30H,10-12H2,1-4H3,(H2,25,27,28)/t15-,18-,19-,20-,37?/m1/s1. The Morgan fingerprint density at radius 3 is 2.68 bits per heavy atom. The first-order valence-electron chi connectivity index (χ1n) is 12.0. The van der Waals surface area contributed by atoms with Gasteiger partial charge in [0.2, 0.25) is 0 Å². The van der Waals surface area contributed by atoms with Gasteiger partial charge in [0.1, 0.15) is 35.5 Å². The maximum atomic E-state index is 14.0. The second kappa shape index (κ2) is 11.1. The molecule has 0 bridgehead atoms. The van der Waals surface area contributed by atoms with Crippen LogP contribution < -0.4 is 10.3 Å². The Balaban J connectivity index is 1.58. The van der Waals surface area contributed by atoms with Crippen LogP contribution in [0.3, 0.4) is 0 Å². The number of hydrogen-bond acceptors (Lipinski definition) is 11. The van der Waals surface area contributed by atoms with Crippen LogP contribution in [0.5, 0.6) is 5.75 Å². The molecule has 1 aromatic carbocycles. The fourth-order valence-corrected chi connectivity index (χ4v) is 6.22. The van der Waals surface area contributed by atoms with E-state index < -0.39 is 37.9 Å². The molecule has 200 valence electrons. The number of fused-ring (bicyclic) bond motifs is 1. The maximum absolute atomic E-state index is 14.0. The van der Waals surface area contributed by atoms with E-state index >= 15 is 0 Å². The van der Waals surface area contributed by atoms with Crippen molar-refractivity contribution in [2.75, 3.05) is 18.5 Å². The van der Waals surface area contributed by atoms with Crippen molar-refractivity contribution in [2.45, 2.75) is 58.7 Å². The van der Waals surface area contributed by atoms with Crippen LogP contribution >= 0.6 is 7.60 Å². The summed E-state index contributed by atoms with van der Waals surface area (Å²) in [6, 6.07) is 8.57. The lowest BCUT2D eigenvalue weighted by atomic mass is 10.2. The predicted octanol–water partition coefficient (Wildman–Crippen LogP) is 3.24. The van der Waals surface area contributed by atoms with Crippen LogP contribution in [-0.4, -0.2) is 61.7 Å². The summed E-state index contributed by atoms with van der Waals surface area (Å²) in [6.45, 7) is 6.41. The number of aryl methyl sites for hydroxylation is 1. The summed E-state index contributed by atoms with van der Waals surface area (Å²) in [5.41, 5.74) is 6.88. The van der Waals surface area contributed by atoms with Crippen LogP contribution in [0.4, 0.5) is 5.82 Å². The van der Waals surface area contributed by atoms with Crippen LogP contribution in [0, 0.1) is 12.8 Å². The zero-order chi connectivity index (χ0) is 26.7. The van der Waals surface area contributed by atoms with Crippen molar-refractivity contribution in [1.29, 1.82) is 0 Å². The summed E-state index contributed by atoms with van der Waals surface area (Å²) in [5, 5.41) is 10.0. The minimum Gasteiger partial charge on any atom is -0.463 e. The van der Waals surface area contributed by atoms with Crippen molar-refractivity contribution in [1.82, 2.24) is 19.5 Å². The largest absolute Gasteiger partial charge is 0.463 e. The van der Waals surface area contributed by atoms with Crippen LogP contribution in [-0.2, 0) is 23.4 Å². The van der Waals surface area contributed by atoms with E-state index in [1.165, 1.54) is 6.33 Å². The molecule has 0 spiro atoms. The summed E-state index contributed by atoms with van der Waals surface area (Å²) in [6.07, 6.45) is -1.05. The number of nitrogens with zero attached hydrogens (tertiary/aromatic N) is 4. The fourth-order valence-electron chi connectivity index (χ4n) is 4.12. The summed E-state index contributed by atoms with van der Waals surface area (Å²) in [4.78, 5) is 25.3. The number of aliphatic hydroxyl groups is 1. The van der Waals surface area contributed by atoms with E-state index in [-0.39, 0.29) is 31.1 Å². The van der Waals surface area contributed by atoms with Gasteiger partial charge in [-0.25, -0.2) is 19.5 Å². The highest BCUT2D eigenvalue weighted by atomic mass is 31.2. The number of para-hydroxylation sites is 1. The van der Waals surface area contributed by atoms with Gasteiger partial charge in [-0.05, 0) is 32.9 Å². The summed E-state index contributed by atoms with van der Waals surface area (Å²) in [7, 11) is -3.92. The van der Waals surface area contributed by atoms with Gasteiger partial charge in [-0.15, -0.1) is 0 Å². The highest BCUT2D eigenvalue weighted by molar-refractivity contribution is 7.54. The van der Waals surface area contributed by atoms with Crippen molar-refractivity contribution in [3.63, 3.8) is 0 Å². The third kappa shape index (κ3) is 6.27. The first-order valence-corrected chi connectivity index (χ1v) is 13.8. The molecule has 1 aliphatic rings. The zero-order valence-electron chi connectivity index (χ0n) is 21.2. The molecule has 3 aromatic rings. The Kier molecular flexibility index (Phi) is 8.13. The number of anilines is 1. The molecule has 3 N–H and O–H groups in total. The van der Waals surface area contributed by atoms with Gasteiger partial charge in [0.05, 0.1) is 31.1 Å². The molecule has 1 unspecified atom stereocenters. The Bertz CT molecular complexity index is 1290. The molecular weight excluding hydrogens is 501 g/mol. The monoisotopic (exact) mass is 533 g/mol. The van der Waals surface area contributed by atoms with Gasteiger partial charge in [0, 0.05) is 6.42 Å². The van der Waals surface area contributed by atoms with E-state index in [0.29, 0.717) is 22.7 Å². The highest BCUT2D eigenvalue weighted by Crippen LogP contribution is 2.53. The van der Waals surface area contributed by atoms with Gasteiger partial charge in [-0.1, -0.05) is 25.1 Å². The topological polar surface area (TPSA) is 161 Å². The molecule has 0 amide bonds. The van der Waals surface area contributed by atoms with Crippen LogP contribution in [0.2, 0.25) is 0 Å². The molecule has 0 radical (unpaired) electrons. The van der Waals surface area contributed by atoms with Crippen LogP contribution in [0.25, 0.3) is 11.2 Å². The summed E-state index contributed by atoms with van der Waals surface area (Å²) < 4.78 is 39.0. The molecule has 4 rings (SSSR count). The molecule has 0 saturated carbocycles. The van der Waals surface area contributed by atoms with E-state index in [0.717, 1.165) is 0 Å². The Morgan fingerprint density at radius 2 is 2.00 bits per heavy atom. The lowest BCUT2D eigenvalue weighted by Gasteiger charge is -2.26. The van der Waals surface area contributed by atoms with E-state index in [9.17, 15) is 14.5 Å². The molecule has 12 nitrogen and oxygen atoms in total. The van der Waals surface area contributed by atoms with Crippen LogP contribution in [0.1, 0.15) is 39.2 Å². The third-order valence-electron chi connectivity index (χ3n) is 5.77. The minimum absolute atomic E-state index is 0.215. The average Bonchev–Trinajstić information content (AvgIpc) is 3.42. The molecule has 13 heteroatoms. The van der Waals surface area contributed by atoms with Crippen molar-refractivity contribution in [3.8, 4) is 5.75 Å². The number of ether oxygens (including phenoxy) is 2. The number of hydrogen-bond donors (Lipinski definition) is 2. The fraction of sp³-hybridized carbons (Fsp3) is 0.500. The zero-order valence-corrected chi connectivity index (χ0v) is 22.1. The van der Waals surface area contributed by atoms with E-state index in [2.05, 4.69) is 15.0 Å². The molecular formula is C24H32N5O7P. The second-order valence-electron chi connectivity index (χ2n) is 9.26. The number of rotatable bonds is 10. The predicted molar refractivity (Wildman–Crippen MR) is 135 cm³/mol. The number of carbonyl (C=O) groups is 1. The smallest absolute Gasteiger partial charge is 0.380 e. The first kappa shape index (κ1) is 27.0. The van der Waals surface area contributed by atoms with Gasteiger partial charge >= 0.3 is 13.6 Å². The summed E-state index contributed by atoms with van der Waals surface area (Å²) in [5.74, 6) is -0.224. The highest BCUT2D eigenvalue weighted by Gasteiger charge is 2.44. The Labute approximate surface area is 214 Å². The molecule has 2 aromatic heterocycles. The molecule has 1 saturated heterocycles. The second-order valence-corrected chi connectivity index (χ2v) is 11.2. The van der Waals surface area contributed by atoms with E-state index in [1.807, 2.05) is 0 Å². The number of benzene rings is 1. The molecule has 0 aliphatic carbocycles. The van der Waals surface area contributed by atoms with Gasteiger partial charge < -0.3 is 24.8 Å². The van der Waals surface area contributed by atoms with E-state index in [1.54, 1.807) is 62.6 Å². The van der Waals surface area contributed by atoms with Crippen molar-refractivity contribution >= 4 is 30.5 Å². The van der Waals surface area contributed by atoms with Gasteiger partial charge in [0.25, 0.3) is 0 Å². The average molecular weight is 534 g/mol. The maximum Gasteiger partial charge on any atom is 0.380 e. The van der Waals surface area contributed by atoms with Crippen molar-refractivity contribution in [2.24, 2.45) is 5.92 Å². The lowest BCUT2D eigenvalue weighted by molar-refractivity contribution is -0.151. The normalized spacial score (nSPS) is 22.2. The Morgan fingerprint density at radius 1 is 1.27 bits per heavy atom. The SMILES string of the molecule is Cc1nc(N)c2ncn([C@H]3C[C@@H](OP(=O)(C[C@@H](C)C(=O)OC(C)C)Oc4ccccc4)[C@@H](CO)O3)c2n1. The molecule has 1 fully saturated rings. The number of esters is 1. The number of carbonyl (C=O) groups excluding carboxylic acids is 1. The summed E-state index contributed by atoms with van der Waals surface area (Å²) >= 11 is 0. The van der Waals surface area contributed by atoms with E-state index in [4.69, 9.17) is 24.3 Å². The number of imidazole rings is 1. The third-order valence-corrected chi connectivity index (χ3v) is 7.84. The Hall–Kier alpha value is -3.05. The molecule has 5 atom stereocenters. The molecule has 1 aliphatic heterocycles. The number of nitrogens with two attached hydrogens (primary N) is 1.